The van der Waals surface area contributed by atoms with Crippen molar-refractivity contribution in [2.24, 2.45) is 0 Å². The molecule has 1 aromatic heterocycles. The lowest BCUT2D eigenvalue weighted by atomic mass is 10.1. The molecule has 6 nitrogen and oxygen atoms in total. The number of imidazole rings is 1. The van der Waals surface area contributed by atoms with Gasteiger partial charge in [-0.2, -0.15) is 0 Å². The maximum Gasteiger partial charge on any atom is 0.323 e. The van der Waals surface area contributed by atoms with Crippen LogP contribution in [0, 0.1) is 13.8 Å². The van der Waals surface area contributed by atoms with E-state index < -0.39 is 10.0 Å². The third kappa shape index (κ3) is 3.20. The minimum atomic E-state index is -3.58. The van der Waals surface area contributed by atoms with Gasteiger partial charge in [-0.15, -0.1) is 0 Å². The predicted octanol–water partition coefficient (Wildman–Crippen LogP) is 1.95. The third-order valence-electron chi connectivity index (χ3n) is 3.84. The normalized spacial score (nSPS) is 11.9. The summed E-state index contributed by atoms with van der Waals surface area (Å²) < 4.78 is 27.3. The van der Waals surface area contributed by atoms with E-state index in [4.69, 9.17) is 0 Å². The van der Waals surface area contributed by atoms with E-state index in [-0.39, 0.29) is 17.1 Å². The monoisotopic (exact) mass is 331 g/mol. The molecule has 0 amide bonds. The Morgan fingerprint density at radius 1 is 0.957 bits per heavy atom. The van der Waals surface area contributed by atoms with Crippen LogP contribution in [-0.2, 0) is 16.6 Å². The number of nitrogens with one attached hydrogen (secondary N) is 3. The summed E-state index contributed by atoms with van der Waals surface area (Å²) in [4.78, 5) is 16.8. The number of hydrogen-bond donors (Lipinski definition) is 3. The molecule has 0 saturated heterocycles. The standard InChI is InChI=1S/C16H17N3O3S/c1-10-3-5-13(7-11(10)2)23(21,22)17-9-12-4-6-14-15(8-12)19-16(20)18-14/h3-8,17H,9H2,1-2H3,(H2,18,19,20). The summed E-state index contributed by atoms with van der Waals surface area (Å²) in [6, 6.07) is 10.3. The predicted molar refractivity (Wildman–Crippen MR) is 88.9 cm³/mol. The van der Waals surface area contributed by atoms with Gasteiger partial charge in [0, 0.05) is 6.54 Å². The number of hydrogen-bond acceptors (Lipinski definition) is 3. The van der Waals surface area contributed by atoms with Crippen LogP contribution in [0.1, 0.15) is 16.7 Å². The van der Waals surface area contributed by atoms with Crippen molar-refractivity contribution in [2.45, 2.75) is 25.3 Å². The van der Waals surface area contributed by atoms with Crippen molar-refractivity contribution in [2.75, 3.05) is 0 Å². The molecule has 1 heterocycles. The molecule has 0 radical (unpaired) electrons. The van der Waals surface area contributed by atoms with Crippen LogP contribution >= 0.6 is 0 Å². The molecule has 0 aliphatic carbocycles. The van der Waals surface area contributed by atoms with Gasteiger partial charge < -0.3 is 9.97 Å². The lowest BCUT2D eigenvalue weighted by molar-refractivity contribution is 0.581. The Morgan fingerprint density at radius 2 is 1.70 bits per heavy atom. The van der Waals surface area contributed by atoms with Crippen LogP contribution in [0.4, 0.5) is 0 Å². The molecular weight excluding hydrogens is 314 g/mol. The van der Waals surface area contributed by atoms with Gasteiger partial charge >= 0.3 is 5.69 Å². The van der Waals surface area contributed by atoms with Crippen LogP contribution in [-0.4, -0.2) is 18.4 Å². The molecule has 0 saturated carbocycles. The van der Waals surface area contributed by atoms with Gasteiger partial charge in [-0.1, -0.05) is 12.1 Å². The van der Waals surface area contributed by atoms with Gasteiger partial charge in [0.25, 0.3) is 0 Å². The maximum atomic E-state index is 12.4. The number of aromatic amines is 2. The number of aryl methyl sites for hydroxylation is 2. The van der Waals surface area contributed by atoms with Crippen LogP contribution in [0.5, 0.6) is 0 Å². The minimum absolute atomic E-state index is 0.151. The summed E-state index contributed by atoms with van der Waals surface area (Å²) in [5.41, 5.74) is 3.80. The highest BCUT2D eigenvalue weighted by molar-refractivity contribution is 7.89. The SMILES string of the molecule is Cc1ccc(S(=O)(=O)NCc2ccc3[nH]c(=O)[nH]c3c2)cc1C. The fraction of sp³-hybridized carbons (Fsp3) is 0.188. The Bertz CT molecular complexity index is 1030. The zero-order valence-electron chi connectivity index (χ0n) is 12.8. The highest BCUT2D eigenvalue weighted by Gasteiger charge is 2.14. The lowest BCUT2D eigenvalue weighted by Crippen LogP contribution is -2.23. The van der Waals surface area contributed by atoms with Gasteiger partial charge in [0.1, 0.15) is 0 Å². The molecule has 0 fully saturated rings. The van der Waals surface area contributed by atoms with E-state index in [0.717, 1.165) is 16.7 Å². The Morgan fingerprint density at radius 3 is 2.43 bits per heavy atom. The highest BCUT2D eigenvalue weighted by Crippen LogP contribution is 2.16. The zero-order valence-corrected chi connectivity index (χ0v) is 13.6. The Labute approximate surface area is 133 Å². The summed E-state index contributed by atoms with van der Waals surface area (Å²) in [7, 11) is -3.58. The molecule has 3 N–H and O–H groups in total. The Hall–Kier alpha value is -2.38. The van der Waals surface area contributed by atoms with Gasteiger partial charge in [0.2, 0.25) is 10.0 Å². The number of rotatable bonds is 4. The van der Waals surface area contributed by atoms with E-state index in [9.17, 15) is 13.2 Å². The summed E-state index contributed by atoms with van der Waals surface area (Å²) >= 11 is 0. The average Bonchev–Trinajstić information content (AvgIpc) is 2.87. The maximum absolute atomic E-state index is 12.4. The quantitative estimate of drug-likeness (QED) is 0.682. The van der Waals surface area contributed by atoms with E-state index in [0.29, 0.717) is 11.0 Å². The fourth-order valence-corrected chi connectivity index (χ4v) is 3.43. The minimum Gasteiger partial charge on any atom is -0.306 e. The second-order valence-electron chi connectivity index (χ2n) is 5.53. The highest BCUT2D eigenvalue weighted by atomic mass is 32.2. The second-order valence-corrected chi connectivity index (χ2v) is 7.30. The zero-order chi connectivity index (χ0) is 16.6. The average molecular weight is 331 g/mol. The molecular formula is C16H17N3O3S. The number of benzene rings is 2. The van der Waals surface area contributed by atoms with Gasteiger partial charge in [0.15, 0.2) is 0 Å². The fourth-order valence-electron chi connectivity index (χ4n) is 2.33. The molecule has 0 unspecified atom stereocenters. The molecule has 23 heavy (non-hydrogen) atoms. The van der Waals surface area contributed by atoms with Crippen LogP contribution in [0.25, 0.3) is 11.0 Å². The van der Waals surface area contributed by atoms with Crippen molar-refractivity contribution in [3.8, 4) is 0 Å². The van der Waals surface area contributed by atoms with Crippen molar-refractivity contribution in [3.05, 3.63) is 63.6 Å². The molecule has 0 aliphatic heterocycles. The first-order chi connectivity index (χ1) is 10.8. The summed E-state index contributed by atoms with van der Waals surface area (Å²) in [5, 5.41) is 0. The Balaban J connectivity index is 1.82. The molecule has 0 spiro atoms. The van der Waals surface area contributed by atoms with Crippen LogP contribution < -0.4 is 10.4 Å². The summed E-state index contributed by atoms with van der Waals surface area (Å²) in [6.07, 6.45) is 0. The first-order valence-electron chi connectivity index (χ1n) is 7.13. The first-order valence-corrected chi connectivity index (χ1v) is 8.61. The Kier molecular flexibility index (Phi) is 3.83. The number of sulfonamides is 1. The van der Waals surface area contributed by atoms with E-state index >= 15 is 0 Å². The number of aromatic nitrogens is 2. The molecule has 7 heteroatoms. The van der Waals surface area contributed by atoms with E-state index in [1.165, 1.54) is 0 Å². The largest absolute Gasteiger partial charge is 0.323 e. The van der Waals surface area contributed by atoms with E-state index in [1.807, 2.05) is 13.8 Å². The van der Waals surface area contributed by atoms with Crippen molar-refractivity contribution >= 4 is 21.1 Å². The van der Waals surface area contributed by atoms with E-state index in [1.54, 1.807) is 36.4 Å². The van der Waals surface area contributed by atoms with Crippen molar-refractivity contribution < 1.29 is 8.42 Å². The van der Waals surface area contributed by atoms with E-state index in [2.05, 4.69) is 14.7 Å². The van der Waals surface area contributed by atoms with Crippen LogP contribution in [0.3, 0.4) is 0 Å². The molecule has 0 aliphatic rings. The molecule has 2 aromatic carbocycles. The summed E-state index contributed by atoms with van der Waals surface area (Å²) in [6.45, 7) is 3.97. The molecule has 3 rings (SSSR count). The van der Waals surface area contributed by atoms with Crippen molar-refractivity contribution in [3.63, 3.8) is 0 Å². The molecule has 0 atom stereocenters. The van der Waals surface area contributed by atoms with Gasteiger partial charge in [-0.25, -0.2) is 17.9 Å². The molecule has 0 bridgehead atoms. The van der Waals surface area contributed by atoms with Crippen molar-refractivity contribution in [1.82, 2.24) is 14.7 Å². The van der Waals surface area contributed by atoms with Gasteiger partial charge in [0.05, 0.1) is 15.9 Å². The first kappa shape index (κ1) is 15.5. The lowest BCUT2D eigenvalue weighted by Gasteiger charge is -2.09. The number of H-pyrrole nitrogens is 2. The smallest absolute Gasteiger partial charge is 0.306 e. The second kappa shape index (κ2) is 5.68. The molecule has 120 valence electrons. The van der Waals surface area contributed by atoms with Gasteiger partial charge in [-0.3, -0.25) is 0 Å². The molecule has 3 aromatic rings. The third-order valence-corrected chi connectivity index (χ3v) is 5.23. The van der Waals surface area contributed by atoms with Gasteiger partial charge in [-0.05, 0) is 54.8 Å². The topological polar surface area (TPSA) is 94.8 Å². The number of fused-ring (bicyclic) bond motifs is 1. The summed E-state index contributed by atoms with van der Waals surface area (Å²) in [5.74, 6) is 0. The van der Waals surface area contributed by atoms with Crippen LogP contribution in [0.15, 0.2) is 46.1 Å². The van der Waals surface area contributed by atoms with Crippen LogP contribution in [0.2, 0.25) is 0 Å². The van der Waals surface area contributed by atoms with Crippen molar-refractivity contribution in [1.29, 1.82) is 0 Å².